The number of nitrogens with one attached hydrogen (secondary N) is 3. The third-order valence-electron chi connectivity index (χ3n) is 3.25. The largest absolute Gasteiger partial charge is 0.347 e. The molecule has 1 amide bonds. The summed E-state index contributed by atoms with van der Waals surface area (Å²) in [5.74, 6) is 0.452. The van der Waals surface area contributed by atoms with Crippen LogP contribution in [0, 0.1) is 0 Å². The fourth-order valence-corrected chi connectivity index (χ4v) is 2.34. The predicted molar refractivity (Wildman–Crippen MR) is 65.9 cm³/mol. The Morgan fingerprint density at radius 1 is 1.50 bits per heavy atom. The molecule has 0 radical (unpaired) electrons. The highest BCUT2D eigenvalue weighted by molar-refractivity contribution is 5.81. The van der Waals surface area contributed by atoms with E-state index in [0.29, 0.717) is 5.82 Å². The van der Waals surface area contributed by atoms with Crippen molar-refractivity contribution in [2.24, 2.45) is 0 Å². The van der Waals surface area contributed by atoms with Gasteiger partial charge in [-0.2, -0.15) is 5.10 Å². The van der Waals surface area contributed by atoms with Crippen LogP contribution in [0.3, 0.4) is 0 Å². The molecule has 1 fully saturated rings. The summed E-state index contributed by atoms with van der Waals surface area (Å²) >= 11 is 0. The molecule has 0 aromatic carbocycles. The quantitative estimate of drug-likeness (QED) is 0.665. The first kappa shape index (κ1) is 12.8. The van der Waals surface area contributed by atoms with Crippen LogP contribution in [-0.2, 0) is 11.3 Å². The monoisotopic (exact) mass is 253 g/mol. The Bertz CT molecular complexity index is 446. The van der Waals surface area contributed by atoms with Gasteiger partial charge in [-0.3, -0.25) is 14.7 Å². The smallest absolute Gasteiger partial charge is 0.340 e. The minimum atomic E-state index is -0.356. The summed E-state index contributed by atoms with van der Waals surface area (Å²) in [5.41, 5.74) is -0.356. The summed E-state index contributed by atoms with van der Waals surface area (Å²) in [4.78, 5) is 27.6. The average molecular weight is 253 g/mol. The molecule has 3 N–H and O–H groups in total. The van der Waals surface area contributed by atoms with Gasteiger partial charge < -0.3 is 5.32 Å². The highest BCUT2D eigenvalue weighted by Crippen LogP contribution is 2.14. The van der Waals surface area contributed by atoms with Gasteiger partial charge in [0.05, 0.1) is 12.6 Å². The summed E-state index contributed by atoms with van der Waals surface area (Å²) in [6, 6.07) is -0.0711. The molecule has 1 saturated heterocycles. The molecular weight excluding hydrogens is 234 g/mol. The van der Waals surface area contributed by atoms with Crippen molar-refractivity contribution in [2.45, 2.75) is 38.8 Å². The van der Waals surface area contributed by atoms with E-state index in [-0.39, 0.29) is 24.2 Å². The normalized spacial score (nSPS) is 17.8. The molecular formula is C11H19N5O2. The van der Waals surface area contributed by atoms with Gasteiger partial charge in [0.2, 0.25) is 5.91 Å². The number of H-pyrrole nitrogens is 2. The second-order valence-corrected chi connectivity index (χ2v) is 4.51. The first-order chi connectivity index (χ1) is 8.70. The average Bonchev–Trinajstić information content (AvgIpc) is 2.99. The maximum Gasteiger partial charge on any atom is 0.340 e. The van der Waals surface area contributed by atoms with E-state index in [1.54, 1.807) is 0 Å². The summed E-state index contributed by atoms with van der Waals surface area (Å²) in [5, 5.41) is 8.82. The molecule has 18 heavy (non-hydrogen) atoms. The van der Waals surface area contributed by atoms with Gasteiger partial charge in [0, 0.05) is 0 Å². The van der Waals surface area contributed by atoms with E-state index in [1.807, 2.05) is 6.92 Å². The number of carbonyl (C=O) groups is 1. The van der Waals surface area contributed by atoms with Crippen molar-refractivity contribution in [2.75, 3.05) is 13.1 Å². The number of carbonyl (C=O) groups excluding carboxylic acids is 1. The molecule has 1 atom stereocenters. The molecule has 0 bridgehead atoms. The molecule has 0 aliphatic carbocycles. The predicted octanol–water partition coefficient (Wildman–Crippen LogP) is -0.411. The standard InChI is InChI=1S/C11H19N5O2/c1-2-8(16-5-3-4-6-16)10(17)12-7-9-13-11(18)15-14-9/h8H,2-7H2,1H3,(H,12,17)(H2,13,14,15,18). The van der Waals surface area contributed by atoms with Gasteiger partial charge in [-0.25, -0.2) is 9.89 Å². The fourth-order valence-electron chi connectivity index (χ4n) is 2.34. The second-order valence-electron chi connectivity index (χ2n) is 4.51. The molecule has 100 valence electrons. The first-order valence-corrected chi connectivity index (χ1v) is 6.36. The lowest BCUT2D eigenvalue weighted by Crippen LogP contribution is -2.45. The van der Waals surface area contributed by atoms with Crippen LogP contribution < -0.4 is 11.0 Å². The van der Waals surface area contributed by atoms with Gasteiger partial charge >= 0.3 is 5.69 Å². The Morgan fingerprint density at radius 2 is 2.22 bits per heavy atom. The summed E-state index contributed by atoms with van der Waals surface area (Å²) < 4.78 is 0. The Morgan fingerprint density at radius 3 is 2.78 bits per heavy atom. The molecule has 7 heteroatoms. The number of nitrogens with zero attached hydrogens (tertiary/aromatic N) is 2. The van der Waals surface area contributed by atoms with Gasteiger partial charge in [0.15, 0.2) is 0 Å². The fraction of sp³-hybridized carbons (Fsp3) is 0.727. The van der Waals surface area contributed by atoms with E-state index in [0.717, 1.165) is 32.4 Å². The molecule has 1 aliphatic rings. The number of rotatable bonds is 5. The van der Waals surface area contributed by atoms with Crippen LogP contribution in [0.4, 0.5) is 0 Å². The van der Waals surface area contributed by atoms with E-state index in [4.69, 9.17) is 0 Å². The number of hydrogen-bond acceptors (Lipinski definition) is 4. The van der Waals surface area contributed by atoms with Crippen LogP contribution in [0.25, 0.3) is 0 Å². The van der Waals surface area contributed by atoms with Crippen LogP contribution in [0.5, 0.6) is 0 Å². The van der Waals surface area contributed by atoms with Crippen LogP contribution in [-0.4, -0.2) is 45.1 Å². The zero-order valence-electron chi connectivity index (χ0n) is 10.5. The van der Waals surface area contributed by atoms with Crippen molar-refractivity contribution in [3.05, 3.63) is 16.3 Å². The van der Waals surface area contributed by atoms with Crippen molar-refractivity contribution in [3.8, 4) is 0 Å². The molecule has 0 saturated carbocycles. The molecule has 1 aromatic rings. The van der Waals surface area contributed by atoms with Gasteiger partial charge in [-0.15, -0.1) is 0 Å². The van der Waals surface area contributed by atoms with E-state index in [2.05, 4.69) is 25.4 Å². The first-order valence-electron chi connectivity index (χ1n) is 6.36. The second kappa shape index (κ2) is 5.81. The van der Waals surface area contributed by atoms with Crippen LogP contribution in [0.15, 0.2) is 4.79 Å². The van der Waals surface area contributed by atoms with E-state index < -0.39 is 0 Å². The molecule has 2 heterocycles. The molecule has 1 unspecified atom stereocenters. The van der Waals surface area contributed by atoms with Crippen molar-refractivity contribution < 1.29 is 4.79 Å². The van der Waals surface area contributed by atoms with Crippen molar-refractivity contribution in [1.29, 1.82) is 0 Å². The number of aromatic nitrogens is 3. The highest BCUT2D eigenvalue weighted by atomic mass is 16.2. The molecule has 2 rings (SSSR count). The van der Waals surface area contributed by atoms with Crippen molar-refractivity contribution in [3.63, 3.8) is 0 Å². The van der Waals surface area contributed by atoms with Gasteiger partial charge in [-0.1, -0.05) is 6.92 Å². The third-order valence-corrected chi connectivity index (χ3v) is 3.25. The minimum absolute atomic E-state index is 0.00301. The van der Waals surface area contributed by atoms with Crippen LogP contribution in [0.2, 0.25) is 0 Å². The zero-order chi connectivity index (χ0) is 13.0. The lowest BCUT2D eigenvalue weighted by molar-refractivity contribution is -0.126. The Hall–Kier alpha value is -1.63. The summed E-state index contributed by atoms with van der Waals surface area (Å²) in [6.45, 7) is 4.25. The summed E-state index contributed by atoms with van der Waals surface area (Å²) in [6.07, 6.45) is 3.12. The maximum atomic E-state index is 12.1. The highest BCUT2D eigenvalue weighted by Gasteiger charge is 2.26. The number of amides is 1. The Labute approximate surface area is 105 Å². The minimum Gasteiger partial charge on any atom is -0.347 e. The van der Waals surface area contributed by atoms with Gasteiger partial charge in [0.1, 0.15) is 5.82 Å². The van der Waals surface area contributed by atoms with E-state index in [9.17, 15) is 9.59 Å². The lowest BCUT2D eigenvalue weighted by atomic mass is 10.2. The Kier molecular flexibility index (Phi) is 4.14. The number of aromatic amines is 2. The maximum absolute atomic E-state index is 12.1. The SMILES string of the molecule is CCC(C(=O)NCc1n[nH]c(=O)[nH]1)N1CCCC1. The lowest BCUT2D eigenvalue weighted by Gasteiger charge is -2.25. The molecule has 0 spiro atoms. The Balaban J connectivity index is 1.87. The van der Waals surface area contributed by atoms with Crippen LogP contribution in [0.1, 0.15) is 32.0 Å². The van der Waals surface area contributed by atoms with Crippen molar-refractivity contribution >= 4 is 5.91 Å². The zero-order valence-corrected chi connectivity index (χ0v) is 10.5. The summed E-state index contributed by atoms with van der Waals surface area (Å²) in [7, 11) is 0. The van der Waals surface area contributed by atoms with E-state index >= 15 is 0 Å². The molecule has 1 aliphatic heterocycles. The third kappa shape index (κ3) is 2.98. The molecule has 7 nitrogen and oxygen atoms in total. The number of hydrogen-bond donors (Lipinski definition) is 3. The topological polar surface area (TPSA) is 93.9 Å². The molecule has 1 aromatic heterocycles. The van der Waals surface area contributed by atoms with Gasteiger partial charge in [0.25, 0.3) is 0 Å². The van der Waals surface area contributed by atoms with Gasteiger partial charge in [-0.05, 0) is 32.4 Å². The van der Waals surface area contributed by atoms with Crippen molar-refractivity contribution in [1.82, 2.24) is 25.4 Å². The number of likely N-dealkylation sites (tertiary alicyclic amines) is 1. The van der Waals surface area contributed by atoms with E-state index in [1.165, 1.54) is 0 Å². The van der Waals surface area contributed by atoms with Crippen LogP contribution >= 0.6 is 0 Å².